The van der Waals surface area contributed by atoms with Crippen molar-refractivity contribution in [3.8, 4) is 0 Å². The summed E-state index contributed by atoms with van der Waals surface area (Å²) in [5.74, 6) is 1.45. The maximum Gasteiger partial charge on any atom is 0.194 e. The van der Waals surface area contributed by atoms with Crippen molar-refractivity contribution >= 4 is 0 Å². The minimum atomic E-state index is -1.50. The lowest BCUT2D eigenvalue weighted by Gasteiger charge is -2.18. The molecule has 3 N–H and O–H groups in total. The summed E-state index contributed by atoms with van der Waals surface area (Å²) < 4.78 is 39.9. The van der Waals surface area contributed by atoms with E-state index in [2.05, 4.69) is 5.43 Å². The van der Waals surface area contributed by atoms with Crippen LogP contribution in [0.3, 0.4) is 0 Å². The van der Waals surface area contributed by atoms with Crippen LogP contribution in [-0.2, 0) is 0 Å². The summed E-state index contributed by atoms with van der Waals surface area (Å²) in [6, 6.07) is 8.48. The zero-order chi connectivity index (χ0) is 14.0. The number of hydrazine groups is 1. The SMILES string of the molecule is Cc1ccc(C(NN)c2ccc(F)c(F)c2F)cc1. The highest BCUT2D eigenvalue weighted by atomic mass is 19.2. The van der Waals surface area contributed by atoms with Gasteiger partial charge in [0.25, 0.3) is 0 Å². The minimum absolute atomic E-state index is 0.0368. The van der Waals surface area contributed by atoms with Crippen LogP contribution in [0, 0.1) is 24.4 Å². The highest BCUT2D eigenvalue weighted by molar-refractivity contribution is 5.34. The number of hydrogen-bond acceptors (Lipinski definition) is 2. The van der Waals surface area contributed by atoms with Crippen molar-refractivity contribution in [2.24, 2.45) is 5.84 Å². The zero-order valence-electron chi connectivity index (χ0n) is 10.3. The molecule has 1 unspecified atom stereocenters. The van der Waals surface area contributed by atoms with Crippen molar-refractivity contribution in [2.45, 2.75) is 13.0 Å². The van der Waals surface area contributed by atoms with E-state index >= 15 is 0 Å². The number of nitrogens with one attached hydrogen (secondary N) is 1. The summed E-state index contributed by atoms with van der Waals surface area (Å²) in [6.45, 7) is 1.91. The molecule has 2 aromatic rings. The van der Waals surface area contributed by atoms with E-state index in [-0.39, 0.29) is 5.56 Å². The van der Waals surface area contributed by atoms with Crippen molar-refractivity contribution in [3.05, 3.63) is 70.5 Å². The van der Waals surface area contributed by atoms with Gasteiger partial charge in [0.05, 0.1) is 6.04 Å². The highest BCUT2D eigenvalue weighted by Gasteiger charge is 2.21. The lowest BCUT2D eigenvalue weighted by molar-refractivity contribution is 0.433. The summed E-state index contributed by atoms with van der Waals surface area (Å²) in [4.78, 5) is 0. The van der Waals surface area contributed by atoms with E-state index in [1.807, 2.05) is 19.1 Å². The number of aryl methyl sites for hydroxylation is 1. The molecule has 0 aliphatic carbocycles. The minimum Gasteiger partial charge on any atom is -0.271 e. The first kappa shape index (κ1) is 13.6. The second-order valence-corrected chi connectivity index (χ2v) is 4.27. The van der Waals surface area contributed by atoms with Crippen LogP contribution in [0.2, 0.25) is 0 Å². The topological polar surface area (TPSA) is 38.0 Å². The van der Waals surface area contributed by atoms with E-state index in [0.29, 0.717) is 5.56 Å². The summed E-state index contributed by atoms with van der Waals surface area (Å²) >= 11 is 0. The van der Waals surface area contributed by atoms with Gasteiger partial charge in [-0.1, -0.05) is 35.9 Å². The number of hydrogen-bond donors (Lipinski definition) is 2. The first-order valence-corrected chi connectivity index (χ1v) is 5.70. The van der Waals surface area contributed by atoms with Crippen LogP contribution in [0.25, 0.3) is 0 Å². The summed E-state index contributed by atoms with van der Waals surface area (Å²) in [6.07, 6.45) is 0. The van der Waals surface area contributed by atoms with E-state index in [9.17, 15) is 13.2 Å². The third-order valence-electron chi connectivity index (χ3n) is 2.95. The largest absolute Gasteiger partial charge is 0.271 e. The van der Waals surface area contributed by atoms with Gasteiger partial charge < -0.3 is 0 Å². The lowest BCUT2D eigenvalue weighted by atomic mass is 9.97. The van der Waals surface area contributed by atoms with Crippen LogP contribution in [0.5, 0.6) is 0 Å². The fourth-order valence-electron chi connectivity index (χ4n) is 1.89. The van der Waals surface area contributed by atoms with Gasteiger partial charge in [-0.15, -0.1) is 0 Å². The average Bonchev–Trinajstić information content (AvgIpc) is 2.41. The van der Waals surface area contributed by atoms with Crippen LogP contribution >= 0.6 is 0 Å². The van der Waals surface area contributed by atoms with Gasteiger partial charge in [0.2, 0.25) is 0 Å². The van der Waals surface area contributed by atoms with E-state index in [1.54, 1.807) is 12.1 Å². The molecule has 0 radical (unpaired) electrons. The van der Waals surface area contributed by atoms with Gasteiger partial charge in [0, 0.05) is 5.56 Å². The van der Waals surface area contributed by atoms with E-state index in [0.717, 1.165) is 11.6 Å². The van der Waals surface area contributed by atoms with E-state index in [4.69, 9.17) is 5.84 Å². The predicted molar refractivity (Wildman–Crippen MR) is 66.7 cm³/mol. The molecule has 0 aliphatic rings. The molecule has 100 valence electrons. The standard InChI is InChI=1S/C14H13F3N2/c1-8-2-4-9(5-3-8)14(19-18)10-6-7-11(15)13(17)12(10)16/h2-7,14,19H,18H2,1H3. The van der Waals surface area contributed by atoms with Gasteiger partial charge >= 0.3 is 0 Å². The summed E-state index contributed by atoms with van der Waals surface area (Å²) in [5.41, 5.74) is 4.07. The number of halogens is 3. The molecule has 0 aromatic heterocycles. The Labute approximate surface area is 109 Å². The van der Waals surface area contributed by atoms with Crippen LogP contribution < -0.4 is 11.3 Å². The van der Waals surface area contributed by atoms with Gasteiger partial charge in [-0.05, 0) is 18.6 Å². The quantitative estimate of drug-likeness (QED) is 0.509. The zero-order valence-corrected chi connectivity index (χ0v) is 10.3. The molecule has 1 atom stereocenters. The van der Waals surface area contributed by atoms with E-state index < -0.39 is 23.5 Å². The molecule has 2 rings (SSSR count). The second kappa shape index (κ2) is 5.42. The Balaban J connectivity index is 2.48. The maximum atomic E-state index is 13.8. The average molecular weight is 266 g/mol. The molecular weight excluding hydrogens is 253 g/mol. The maximum absolute atomic E-state index is 13.8. The lowest BCUT2D eigenvalue weighted by Crippen LogP contribution is -2.29. The van der Waals surface area contributed by atoms with Crippen molar-refractivity contribution < 1.29 is 13.2 Å². The molecule has 0 saturated heterocycles. The molecule has 0 fully saturated rings. The van der Waals surface area contributed by atoms with Gasteiger partial charge in [0.1, 0.15) is 0 Å². The van der Waals surface area contributed by atoms with Crippen LogP contribution in [-0.4, -0.2) is 0 Å². The molecule has 0 saturated carbocycles. The Bertz CT molecular complexity index is 582. The molecule has 2 nitrogen and oxygen atoms in total. The van der Waals surface area contributed by atoms with Crippen molar-refractivity contribution in [2.75, 3.05) is 0 Å². The van der Waals surface area contributed by atoms with Crippen LogP contribution in [0.15, 0.2) is 36.4 Å². The molecule has 19 heavy (non-hydrogen) atoms. The molecule has 0 heterocycles. The normalized spacial score (nSPS) is 12.5. The molecule has 5 heteroatoms. The van der Waals surface area contributed by atoms with E-state index in [1.165, 1.54) is 6.07 Å². The fraction of sp³-hybridized carbons (Fsp3) is 0.143. The molecular formula is C14H13F3N2. The smallest absolute Gasteiger partial charge is 0.194 e. The number of benzene rings is 2. The van der Waals surface area contributed by atoms with Crippen molar-refractivity contribution in [3.63, 3.8) is 0 Å². The van der Waals surface area contributed by atoms with Crippen molar-refractivity contribution in [1.29, 1.82) is 0 Å². The van der Waals surface area contributed by atoms with Gasteiger partial charge in [-0.25, -0.2) is 18.6 Å². The third-order valence-corrected chi connectivity index (χ3v) is 2.95. The van der Waals surface area contributed by atoms with Crippen LogP contribution in [0.1, 0.15) is 22.7 Å². The summed E-state index contributed by atoms with van der Waals surface area (Å²) in [7, 11) is 0. The Morgan fingerprint density at radius 2 is 1.58 bits per heavy atom. The van der Waals surface area contributed by atoms with Gasteiger partial charge in [-0.3, -0.25) is 5.84 Å². The Kier molecular flexibility index (Phi) is 3.87. The molecule has 0 amide bonds. The first-order chi connectivity index (χ1) is 9.04. The molecule has 2 aromatic carbocycles. The Hall–Kier alpha value is -1.85. The molecule has 0 bridgehead atoms. The number of nitrogens with two attached hydrogens (primary N) is 1. The number of rotatable bonds is 3. The fourth-order valence-corrected chi connectivity index (χ4v) is 1.89. The Morgan fingerprint density at radius 1 is 0.947 bits per heavy atom. The monoisotopic (exact) mass is 266 g/mol. The van der Waals surface area contributed by atoms with Crippen molar-refractivity contribution in [1.82, 2.24) is 5.43 Å². The third kappa shape index (κ3) is 2.62. The van der Waals surface area contributed by atoms with Gasteiger partial charge in [-0.2, -0.15) is 0 Å². The molecule has 0 spiro atoms. The van der Waals surface area contributed by atoms with Crippen LogP contribution in [0.4, 0.5) is 13.2 Å². The van der Waals surface area contributed by atoms with Gasteiger partial charge in [0.15, 0.2) is 17.5 Å². The Morgan fingerprint density at radius 3 is 2.16 bits per heavy atom. The molecule has 0 aliphatic heterocycles. The summed E-state index contributed by atoms with van der Waals surface area (Å²) in [5, 5.41) is 0. The highest BCUT2D eigenvalue weighted by Crippen LogP contribution is 2.26. The second-order valence-electron chi connectivity index (χ2n) is 4.27. The predicted octanol–water partition coefficient (Wildman–Crippen LogP) is 2.97. The first-order valence-electron chi connectivity index (χ1n) is 5.70.